The summed E-state index contributed by atoms with van der Waals surface area (Å²) in [5.41, 5.74) is 2.88. The Morgan fingerprint density at radius 3 is 2.21 bits per heavy atom. The van der Waals surface area contributed by atoms with Crippen LogP contribution in [0, 0.1) is 13.8 Å². The van der Waals surface area contributed by atoms with Crippen molar-refractivity contribution < 1.29 is 9.90 Å². The van der Waals surface area contributed by atoms with Crippen molar-refractivity contribution in [2.75, 3.05) is 0 Å². The van der Waals surface area contributed by atoms with Gasteiger partial charge in [0.2, 0.25) is 0 Å². The molecule has 0 bridgehead atoms. The molecular weight excluding hydrogens is 200 g/mol. The van der Waals surface area contributed by atoms with Crippen LogP contribution >= 0.6 is 11.6 Å². The van der Waals surface area contributed by atoms with Crippen molar-refractivity contribution >= 4 is 22.6 Å². The average Bonchev–Trinajstić information content (AvgIpc) is 2.00. The summed E-state index contributed by atoms with van der Waals surface area (Å²) in [6.07, 6.45) is 0.996. The molecule has 1 aromatic rings. The fourth-order valence-corrected chi connectivity index (χ4v) is 1.51. The Balaban J connectivity index is 3.13. The van der Waals surface area contributed by atoms with Crippen molar-refractivity contribution in [3.05, 3.63) is 41.0 Å². The Morgan fingerprint density at radius 2 is 1.79 bits per heavy atom. The van der Waals surface area contributed by atoms with E-state index in [0.717, 1.165) is 22.8 Å². The zero-order chi connectivity index (χ0) is 10.7. The van der Waals surface area contributed by atoms with Crippen LogP contribution in [-0.4, -0.2) is 11.1 Å². The largest absolute Gasteiger partial charge is 0.478 e. The first-order valence-electron chi connectivity index (χ1n) is 4.18. The monoisotopic (exact) mass is 210 g/mol. The smallest absolute Gasteiger partial charge is 0.329 e. The molecule has 0 spiro atoms. The molecule has 1 rings (SSSR count). The maximum atomic E-state index is 10.4. The lowest BCUT2D eigenvalue weighted by molar-refractivity contribution is -0.131. The number of rotatable bonds is 2. The van der Waals surface area contributed by atoms with Crippen LogP contribution in [0.25, 0.3) is 5.03 Å². The number of carboxylic acid groups (broad SMARTS) is 1. The highest BCUT2D eigenvalue weighted by Gasteiger charge is 2.02. The fourth-order valence-electron chi connectivity index (χ4n) is 1.30. The van der Waals surface area contributed by atoms with Crippen LogP contribution in [0.5, 0.6) is 0 Å². The molecule has 0 aliphatic rings. The first-order chi connectivity index (χ1) is 6.49. The lowest BCUT2D eigenvalue weighted by atomic mass is 10.1. The molecular formula is C11H11ClO2. The number of carbonyl (C=O) groups is 1. The van der Waals surface area contributed by atoms with Crippen LogP contribution < -0.4 is 0 Å². The number of hydrogen-bond acceptors (Lipinski definition) is 1. The van der Waals surface area contributed by atoms with Crippen molar-refractivity contribution in [2.24, 2.45) is 0 Å². The molecule has 1 aromatic carbocycles. The Bertz CT molecular complexity index is 374. The zero-order valence-corrected chi connectivity index (χ0v) is 8.80. The van der Waals surface area contributed by atoms with E-state index in [4.69, 9.17) is 16.7 Å². The van der Waals surface area contributed by atoms with E-state index >= 15 is 0 Å². The average molecular weight is 211 g/mol. The van der Waals surface area contributed by atoms with Gasteiger partial charge in [-0.25, -0.2) is 4.79 Å². The van der Waals surface area contributed by atoms with Crippen LogP contribution in [0.3, 0.4) is 0 Å². The lowest BCUT2D eigenvalue weighted by Gasteiger charge is -2.02. The van der Waals surface area contributed by atoms with Crippen molar-refractivity contribution in [3.8, 4) is 0 Å². The van der Waals surface area contributed by atoms with Crippen molar-refractivity contribution in [1.82, 2.24) is 0 Å². The second-order valence-corrected chi connectivity index (χ2v) is 3.61. The van der Waals surface area contributed by atoms with Crippen LogP contribution in [0.1, 0.15) is 16.7 Å². The molecule has 0 aliphatic heterocycles. The summed E-state index contributed by atoms with van der Waals surface area (Å²) in [6, 6.07) is 5.72. The summed E-state index contributed by atoms with van der Waals surface area (Å²) < 4.78 is 0. The summed E-state index contributed by atoms with van der Waals surface area (Å²) in [6.45, 7) is 3.89. The van der Waals surface area contributed by atoms with E-state index < -0.39 is 5.97 Å². The van der Waals surface area contributed by atoms with E-state index in [1.165, 1.54) is 0 Å². The van der Waals surface area contributed by atoms with Gasteiger partial charge in [0.05, 0.1) is 5.03 Å². The highest BCUT2D eigenvalue weighted by Crippen LogP contribution is 2.21. The minimum Gasteiger partial charge on any atom is -0.478 e. The first-order valence-corrected chi connectivity index (χ1v) is 4.55. The maximum Gasteiger partial charge on any atom is 0.329 e. The molecule has 0 heterocycles. The van der Waals surface area contributed by atoms with Gasteiger partial charge in [0.15, 0.2) is 0 Å². The normalized spacial score (nSPS) is 11.5. The predicted octanol–water partition coefficient (Wildman–Crippen LogP) is 2.97. The maximum absolute atomic E-state index is 10.4. The van der Waals surface area contributed by atoms with Crippen molar-refractivity contribution in [3.63, 3.8) is 0 Å². The Hall–Kier alpha value is -1.28. The molecule has 2 nitrogen and oxygen atoms in total. The number of halogens is 1. The van der Waals surface area contributed by atoms with Crippen LogP contribution in [0.2, 0.25) is 0 Å². The minimum absolute atomic E-state index is 0.254. The molecule has 0 amide bonds. The molecule has 74 valence electrons. The molecule has 0 aliphatic carbocycles. The van der Waals surface area contributed by atoms with E-state index in [-0.39, 0.29) is 5.03 Å². The van der Waals surface area contributed by atoms with Gasteiger partial charge in [0.25, 0.3) is 0 Å². The third kappa shape index (κ3) is 2.89. The molecule has 0 aromatic heterocycles. The summed E-state index contributed by atoms with van der Waals surface area (Å²) >= 11 is 5.83. The number of aliphatic carboxylic acids is 1. The van der Waals surface area contributed by atoms with Gasteiger partial charge < -0.3 is 5.11 Å². The molecule has 0 atom stereocenters. The third-order valence-electron chi connectivity index (χ3n) is 1.75. The molecule has 0 fully saturated rings. The molecule has 0 saturated carbocycles. The van der Waals surface area contributed by atoms with Crippen molar-refractivity contribution in [2.45, 2.75) is 13.8 Å². The summed E-state index contributed by atoms with van der Waals surface area (Å²) in [7, 11) is 0. The summed E-state index contributed by atoms with van der Waals surface area (Å²) in [5.74, 6) is -1.03. The molecule has 1 N–H and O–H groups in total. The predicted molar refractivity (Wildman–Crippen MR) is 57.4 cm³/mol. The SMILES string of the molecule is Cc1cc(C)cc(/C(Cl)=C/C(=O)O)c1. The second kappa shape index (κ2) is 4.29. The highest BCUT2D eigenvalue weighted by molar-refractivity contribution is 6.50. The zero-order valence-electron chi connectivity index (χ0n) is 8.04. The fraction of sp³-hybridized carbons (Fsp3) is 0.182. The highest BCUT2D eigenvalue weighted by atomic mass is 35.5. The van der Waals surface area contributed by atoms with E-state index in [2.05, 4.69) is 0 Å². The number of carboxylic acids is 1. The third-order valence-corrected chi connectivity index (χ3v) is 2.07. The van der Waals surface area contributed by atoms with Gasteiger partial charge in [-0.3, -0.25) is 0 Å². The standard InChI is InChI=1S/C11H11ClO2/c1-7-3-8(2)5-9(4-7)10(12)6-11(13)14/h3-6H,1-2H3,(H,13,14)/b10-6-. The molecule has 0 saturated heterocycles. The van der Waals surface area contributed by atoms with Crippen LogP contribution in [0.4, 0.5) is 0 Å². The van der Waals surface area contributed by atoms with Crippen LogP contribution in [0.15, 0.2) is 24.3 Å². The Labute approximate surface area is 87.8 Å². The summed E-state index contributed by atoms with van der Waals surface area (Å²) in [5, 5.41) is 8.78. The number of hydrogen-bond donors (Lipinski definition) is 1. The molecule has 0 unspecified atom stereocenters. The van der Waals surface area contributed by atoms with Crippen molar-refractivity contribution in [1.29, 1.82) is 0 Å². The lowest BCUT2D eigenvalue weighted by Crippen LogP contribution is -1.90. The number of benzene rings is 1. The quantitative estimate of drug-likeness (QED) is 0.762. The van der Waals surface area contributed by atoms with Gasteiger partial charge in [-0.15, -0.1) is 0 Å². The van der Waals surface area contributed by atoms with E-state index in [1.807, 2.05) is 32.0 Å². The van der Waals surface area contributed by atoms with Gasteiger partial charge in [-0.05, 0) is 19.4 Å². The topological polar surface area (TPSA) is 37.3 Å². The Kier molecular flexibility index (Phi) is 3.31. The first kappa shape index (κ1) is 10.8. The van der Waals surface area contributed by atoms with Gasteiger partial charge in [-0.1, -0.05) is 40.9 Å². The van der Waals surface area contributed by atoms with E-state index in [1.54, 1.807) is 0 Å². The van der Waals surface area contributed by atoms with Gasteiger partial charge in [0.1, 0.15) is 0 Å². The van der Waals surface area contributed by atoms with E-state index in [9.17, 15) is 4.79 Å². The molecule has 0 radical (unpaired) electrons. The second-order valence-electron chi connectivity index (χ2n) is 3.21. The number of aryl methyl sites for hydroxylation is 2. The van der Waals surface area contributed by atoms with Gasteiger partial charge in [-0.2, -0.15) is 0 Å². The Morgan fingerprint density at radius 1 is 1.29 bits per heavy atom. The summed E-state index contributed by atoms with van der Waals surface area (Å²) in [4.78, 5) is 10.4. The molecule has 3 heteroatoms. The van der Waals surface area contributed by atoms with Gasteiger partial charge in [0, 0.05) is 6.08 Å². The van der Waals surface area contributed by atoms with Gasteiger partial charge >= 0.3 is 5.97 Å². The molecule has 14 heavy (non-hydrogen) atoms. The van der Waals surface area contributed by atoms with Crippen LogP contribution in [-0.2, 0) is 4.79 Å². The minimum atomic E-state index is -1.03. The van der Waals surface area contributed by atoms with E-state index in [0.29, 0.717) is 0 Å².